The van der Waals surface area contributed by atoms with E-state index in [4.69, 9.17) is 14.7 Å². The van der Waals surface area contributed by atoms with Gasteiger partial charge in [0.15, 0.2) is 5.82 Å². The summed E-state index contributed by atoms with van der Waals surface area (Å²) >= 11 is 0. The van der Waals surface area contributed by atoms with Crippen LogP contribution < -0.4 is 25.2 Å². The number of imide groups is 1. The van der Waals surface area contributed by atoms with Crippen LogP contribution in [0.5, 0.6) is 11.8 Å². The Labute approximate surface area is 434 Å². The summed E-state index contributed by atoms with van der Waals surface area (Å²) in [5.41, 5.74) is 1.63. The Morgan fingerprint density at radius 3 is 2.17 bits per heavy atom. The van der Waals surface area contributed by atoms with Crippen molar-refractivity contribution in [1.29, 1.82) is 0 Å². The van der Waals surface area contributed by atoms with Gasteiger partial charge in [-0.2, -0.15) is 9.97 Å². The summed E-state index contributed by atoms with van der Waals surface area (Å²) in [5.74, 6) is -4.01. The number of hydrogen-bond acceptors (Lipinski definition) is 12. The number of carbonyl (C=O) groups is 2. The van der Waals surface area contributed by atoms with Crippen molar-refractivity contribution in [3.8, 4) is 23.0 Å². The quantitative estimate of drug-likeness (QED) is 0.0861. The number of carbonyl (C=O) groups excluding carboxylic acids is 2. The van der Waals surface area contributed by atoms with Crippen molar-refractivity contribution in [1.82, 2.24) is 35.4 Å². The molecule has 2 amide bonds. The predicted octanol–water partition coefficient (Wildman–Crippen LogP) is 8.92. The van der Waals surface area contributed by atoms with Crippen LogP contribution in [0.25, 0.3) is 32.9 Å². The summed E-state index contributed by atoms with van der Waals surface area (Å²) in [5, 5.41) is 18.3. The van der Waals surface area contributed by atoms with Crippen molar-refractivity contribution < 1.29 is 37.0 Å². The van der Waals surface area contributed by atoms with E-state index >= 15 is 17.6 Å². The van der Waals surface area contributed by atoms with Crippen molar-refractivity contribution >= 4 is 45.0 Å². The second-order valence-corrected chi connectivity index (χ2v) is 24.0. The van der Waals surface area contributed by atoms with E-state index in [9.17, 15) is 14.7 Å². The van der Waals surface area contributed by atoms with E-state index in [-0.39, 0.29) is 58.0 Å². The lowest BCUT2D eigenvalue weighted by Crippen LogP contribution is -2.61. The number of fused-ring (bicyclic) bond motifs is 4. The SMILES string of the molecule is CCc1c(F)ccc2cc(O)cc(-c3ncc4c(N5CC6CCC(C5)N6)nc(OCC5(CN6CCC7(CCC(N8CCC9(CC8)CN(c8cc(F)c(C%10CCC(=O)NC%10=O)c(F)c8)C9)CC7)CC6)CC5)nc4c3F)c12. The highest BCUT2D eigenvalue weighted by atomic mass is 19.1. The van der Waals surface area contributed by atoms with Gasteiger partial charge in [0.2, 0.25) is 11.8 Å². The predicted molar refractivity (Wildman–Crippen MR) is 278 cm³/mol. The first-order valence-electron chi connectivity index (χ1n) is 27.7. The summed E-state index contributed by atoms with van der Waals surface area (Å²) in [6.45, 7) is 10.5. The Morgan fingerprint density at radius 1 is 0.787 bits per heavy atom. The average Bonchev–Trinajstić information content (AvgIpc) is 4.08. The van der Waals surface area contributed by atoms with Gasteiger partial charge in [-0.15, -0.1) is 0 Å². The zero-order chi connectivity index (χ0) is 51.4. The molecule has 75 heavy (non-hydrogen) atoms. The molecule has 396 valence electrons. The number of ether oxygens (including phenoxy) is 1. The number of anilines is 2. The average molecular weight is 1030 g/mol. The Balaban J connectivity index is 0.626. The number of aromatic hydroxyl groups is 1. The molecular weight excluding hydrogens is 963 g/mol. The lowest BCUT2D eigenvalue weighted by molar-refractivity contribution is -0.134. The number of piperazine rings is 1. The van der Waals surface area contributed by atoms with Gasteiger partial charge in [0.25, 0.3) is 0 Å². The largest absolute Gasteiger partial charge is 0.508 e. The molecule has 3 N–H and O–H groups in total. The highest BCUT2D eigenvalue weighted by Gasteiger charge is 2.49. The van der Waals surface area contributed by atoms with Crippen LogP contribution >= 0.6 is 0 Å². The van der Waals surface area contributed by atoms with E-state index in [1.807, 2.05) is 6.92 Å². The third kappa shape index (κ3) is 9.05. The number of rotatable bonds is 11. The van der Waals surface area contributed by atoms with Crippen LogP contribution in [-0.4, -0.2) is 125 Å². The Kier molecular flexibility index (Phi) is 12.3. The fourth-order valence-electron chi connectivity index (χ4n) is 14.7. The highest BCUT2D eigenvalue weighted by molar-refractivity contribution is 6.02. The topological polar surface area (TPSA) is 139 Å². The van der Waals surface area contributed by atoms with E-state index in [2.05, 4.69) is 35.2 Å². The van der Waals surface area contributed by atoms with Gasteiger partial charge < -0.3 is 34.8 Å². The number of nitrogens with one attached hydrogen (secondary N) is 2. The number of aryl methyl sites for hydroxylation is 1. The number of halogens is 4. The first-order valence-corrected chi connectivity index (χ1v) is 27.7. The number of aromatic nitrogens is 3. The highest BCUT2D eigenvalue weighted by Crippen LogP contribution is 2.51. The molecule has 6 aliphatic heterocycles. The molecule has 3 atom stereocenters. The number of phenols is 1. The van der Waals surface area contributed by atoms with Gasteiger partial charge >= 0.3 is 6.01 Å². The molecule has 2 aromatic heterocycles. The second-order valence-electron chi connectivity index (χ2n) is 24.0. The number of piperidine rings is 3. The molecule has 8 heterocycles. The smallest absolute Gasteiger partial charge is 0.319 e. The second kappa shape index (κ2) is 18.8. The molecular formula is C58H67F4N9O4. The molecule has 0 radical (unpaired) electrons. The van der Waals surface area contributed by atoms with Gasteiger partial charge in [0.05, 0.1) is 17.9 Å². The number of pyridine rings is 1. The lowest BCUT2D eigenvalue weighted by Gasteiger charge is -2.56. The molecule has 2 saturated carbocycles. The fraction of sp³-hybridized carbons (Fsp3) is 0.569. The number of likely N-dealkylation sites (tertiary alicyclic amines) is 2. The maximum Gasteiger partial charge on any atom is 0.319 e. The summed E-state index contributed by atoms with van der Waals surface area (Å²) in [7, 11) is 0. The van der Waals surface area contributed by atoms with Crippen LogP contribution in [0.1, 0.15) is 114 Å². The van der Waals surface area contributed by atoms with Crippen LogP contribution in [0.4, 0.5) is 29.1 Å². The first-order chi connectivity index (χ1) is 36.2. The van der Waals surface area contributed by atoms with Gasteiger partial charge in [-0.05, 0) is 168 Å². The molecule has 2 bridgehead atoms. The molecule has 3 unspecified atom stereocenters. The van der Waals surface area contributed by atoms with E-state index in [0.717, 1.165) is 97.4 Å². The lowest BCUT2D eigenvalue weighted by atomic mass is 9.66. The summed E-state index contributed by atoms with van der Waals surface area (Å²) in [6, 6.07) is 10.1. The molecule has 2 spiro atoms. The van der Waals surface area contributed by atoms with Crippen molar-refractivity contribution in [3.05, 3.63) is 77.0 Å². The van der Waals surface area contributed by atoms with Crippen LogP contribution in [-0.2, 0) is 16.0 Å². The molecule has 8 aliphatic rings. The Bertz CT molecular complexity index is 3050. The standard InChI is InChI=1S/C58H67F4N9O4/c1-2-40-44(59)7-3-34-23-39(72)26-42(48(34)40)51-50(62)52-43(27-63-51)53(70-28-35-4-5-36(29-70)64-35)67-55(66-52)75-33-58(13-14-58)30-68-19-15-56(16-20-68)11-9-37(10-12-56)69-21-17-57(18-22-69)31-71(32-57)38-24-45(60)49(46(61)25-38)41-6-8-47(73)65-54(41)74/h3,7,23-27,35-37,41,64,72H,2,4-6,8-22,28-33H2,1H3,(H,65,73,74). The van der Waals surface area contributed by atoms with Gasteiger partial charge in [0, 0.05) is 91.1 Å². The number of hydrogen-bond donors (Lipinski definition) is 3. The summed E-state index contributed by atoms with van der Waals surface area (Å²) < 4.78 is 69.7. The summed E-state index contributed by atoms with van der Waals surface area (Å²) in [4.78, 5) is 48.0. The number of benzene rings is 3. The number of amides is 2. The number of nitrogens with zero attached hydrogens (tertiary/aromatic N) is 7. The van der Waals surface area contributed by atoms with E-state index in [1.54, 1.807) is 18.3 Å². The van der Waals surface area contributed by atoms with E-state index in [1.165, 1.54) is 62.8 Å². The molecule has 13 nitrogen and oxygen atoms in total. The Hall–Kier alpha value is -5.65. The van der Waals surface area contributed by atoms with E-state index in [0.29, 0.717) is 75.4 Å². The van der Waals surface area contributed by atoms with Crippen molar-refractivity contribution in [3.63, 3.8) is 0 Å². The normalized spacial score (nSPS) is 25.6. The fourth-order valence-corrected chi connectivity index (χ4v) is 14.7. The molecule has 17 heteroatoms. The monoisotopic (exact) mass is 1030 g/mol. The minimum Gasteiger partial charge on any atom is -0.508 e. The zero-order valence-electron chi connectivity index (χ0n) is 42.8. The summed E-state index contributed by atoms with van der Waals surface area (Å²) in [6.07, 6.45) is 15.9. The first kappa shape index (κ1) is 49.0. The van der Waals surface area contributed by atoms with Gasteiger partial charge in [0.1, 0.15) is 40.2 Å². The van der Waals surface area contributed by atoms with Crippen LogP contribution in [0.3, 0.4) is 0 Å². The molecule has 2 aliphatic carbocycles. The Morgan fingerprint density at radius 2 is 1.49 bits per heavy atom. The van der Waals surface area contributed by atoms with Gasteiger partial charge in [-0.1, -0.05) is 13.0 Å². The molecule has 3 aromatic carbocycles. The van der Waals surface area contributed by atoms with Gasteiger partial charge in [-0.25, -0.2) is 17.6 Å². The molecule has 6 saturated heterocycles. The minimum atomic E-state index is -0.997. The third-order valence-electron chi connectivity index (χ3n) is 19.3. The van der Waals surface area contributed by atoms with Crippen LogP contribution in [0, 0.1) is 39.5 Å². The van der Waals surface area contributed by atoms with Crippen molar-refractivity contribution in [2.75, 3.05) is 75.3 Å². The molecule has 5 aromatic rings. The number of phenolic OH excluding ortho intramolecular Hbond substituents is 1. The van der Waals surface area contributed by atoms with Crippen molar-refractivity contribution in [2.45, 2.75) is 127 Å². The maximum atomic E-state index is 17.2. The van der Waals surface area contributed by atoms with Gasteiger partial charge in [-0.3, -0.25) is 19.9 Å². The maximum absolute atomic E-state index is 17.2. The van der Waals surface area contributed by atoms with Crippen LogP contribution in [0.15, 0.2) is 42.6 Å². The minimum absolute atomic E-state index is 0.00696. The third-order valence-corrected chi connectivity index (χ3v) is 19.3. The molecule has 13 rings (SSSR count). The molecule has 8 fully saturated rings. The van der Waals surface area contributed by atoms with E-state index < -0.39 is 35.2 Å². The zero-order valence-corrected chi connectivity index (χ0v) is 42.8. The van der Waals surface area contributed by atoms with Crippen LogP contribution in [0.2, 0.25) is 0 Å². The van der Waals surface area contributed by atoms with Crippen molar-refractivity contribution in [2.24, 2.45) is 16.2 Å².